The highest BCUT2D eigenvalue weighted by molar-refractivity contribution is 7.99. The maximum atomic E-state index is 12.7. The number of amides is 2. The Morgan fingerprint density at radius 2 is 1.80 bits per heavy atom. The van der Waals surface area contributed by atoms with Crippen molar-refractivity contribution in [1.29, 1.82) is 0 Å². The lowest BCUT2D eigenvalue weighted by molar-refractivity contribution is -0.145. The Morgan fingerprint density at radius 1 is 1.10 bits per heavy atom. The van der Waals surface area contributed by atoms with Crippen LogP contribution < -0.4 is 0 Å². The second-order valence-electron chi connectivity index (χ2n) is 5.86. The fourth-order valence-corrected chi connectivity index (χ4v) is 4.08. The first-order valence-corrected chi connectivity index (χ1v) is 8.75. The normalized spacial score (nSPS) is 27.9. The van der Waals surface area contributed by atoms with Crippen molar-refractivity contribution in [2.75, 3.05) is 44.4 Å². The molecule has 2 saturated heterocycles. The Labute approximate surface area is 124 Å². The van der Waals surface area contributed by atoms with E-state index < -0.39 is 0 Å². The summed E-state index contributed by atoms with van der Waals surface area (Å²) in [6.07, 6.45) is 2.02. The van der Waals surface area contributed by atoms with Crippen molar-refractivity contribution >= 4 is 23.6 Å². The number of rotatable bonds is 3. The maximum absolute atomic E-state index is 12.7. The van der Waals surface area contributed by atoms with Crippen LogP contribution in [0.2, 0.25) is 0 Å². The Hall–Kier alpha value is -0.750. The molecule has 2 amide bonds. The van der Waals surface area contributed by atoms with Gasteiger partial charge in [0.15, 0.2) is 0 Å². The Kier molecular flexibility index (Phi) is 4.21. The van der Waals surface area contributed by atoms with Crippen LogP contribution in [0.1, 0.15) is 19.8 Å². The summed E-state index contributed by atoms with van der Waals surface area (Å²) in [5.41, 5.74) is 0. The van der Waals surface area contributed by atoms with Gasteiger partial charge in [0.2, 0.25) is 11.8 Å². The molecule has 5 nitrogen and oxygen atoms in total. The van der Waals surface area contributed by atoms with Crippen LogP contribution in [0.5, 0.6) is 0 Å². The van der Waals surface area contributed by atoms with Crippen molar-refractivity contribution in [3.05, 3.63) is 0 Å². The number of hydrogen-bond acceptors (Lipinski definition) is 4. The lowest BCUT2D eigenvalue weighted by atomic mass is 10.2. The highest BCUT2D eigenvalue weighted by atomic mass is 32.2. The highest BCUT2D eigenvalue weighted by Gasteiger charge is 2.42. The average molecular weight is 297 g/mol. The van der Waals surface area contributed by atoms with Gasteiger partial charge in [0.1, 0.15) is 6.04 Å². The number of thioether (sulfide) groups is 1. The molecule has 0 spiro atoms. The summed E-state index contributed by atoms with van der Waals surface area (Å²) in [7, 11) is 0. The van der Waals surface area contributed by atoms with Crippen molar-refractivity contribution in [3.63, 3.8) is 0 Å². The van der Waals surface area contributed by atoms with Gasteiger partial charge in [0.25, 0.3) is 0 Å². The van der Waals surface area contributed by atoms with Crippen LogP contribution in [0.4, 0.5) is 0 Å². The number of piperazine rings is 1. The van der Waals surface area contributed by atoms with Crippen molar-refractivity contribution < 1.29 is 9.59 Å². The molecule has 0 aromatic heterocycles. The first kappa shape index (κ1) is 14.2. The lowest BCUT2D eigenvalue weighted by Gasteiger charge is -2.36. The highest BCUT2D eigenvalue weighted by Crippen LogP contribution is 2.34. The van der Waals surface area contributed by atoms with Crippen LogP contribution in [0, 0.1) is 5.92 Å². The first-order chi connectivity index (χ1) is 9.70. The number of carbonyl (C=O) groups excluding carboxylic acids is 2. The average Bonchev–Trinajstić information content (AvgIpc) is 3.23. The molecule has 0 aromatic carbocycles. The smallest absolute Gasteiger partial charge is 0.246 e. The summed E-state index contributed by atoms with van der Waals surface area (Å²) in [6.45, 7) is 6.73. The predicted octanol–water partition coefficient (Wildman–Crippen LogP) is 0.462. The summed E-state index contributed by atoms with van der Waals surface area (Å²) < 4.78 is 0. The fraction of sp³-hybridized carbons (Fsp3) is 0.857. The van der Waals surface area contributed by atoms with Gasteiger partial charge in [0.05, 0.1) is 5.88 Å². The summed E-state index contributed by atoms with van der Waals surface area (Å²) in [5, 5.41) is 0. The zero-order valence-corrected chi connectivity index (χ0v) is 12.9. The van der Waals surface area contributed by atoms with Gasteiger partial charge in [-0.2, -0.15) is 0 Å². The molecule has 2 heterocycles. The van der Waals surface area contributed by atoms with Crippen LogP contribution >= 0.6 is 11.8 Å². The maximum Gasteiger partial charge on any atom is 0.246 e. The Balaban J connectivity index is 1.59. The second-order valence-corrected chi connectivity index (χ2v) is 6.86. The van der Waals surface area contributed by atoms with Gasteiger partial charge in [-0.15, -0.1) is 11.8 Å². The van der Waals surface area contributed by atoms with Crippen molar-refractivity contribution in [2.45, 2.75) is 25.8 Å². The largest absolute Gasteiger partial charge is 0.338 e. The number of likely N-dealkylation sites (N-methyl/N-ethyl adjacent to an activating group) is 1. The van der Waals surface area contributed by atoms with E-state index in [4.69, 9.17) is 0 Å². The molecule has 0 bridgehead atoms. The topological polar surface area (TPSA) is 43.9 Å². The molecule has 2 aliphatic heterocycles. The van der Waals surface area contributed by atoms with Crippen LogP contribution in [0.15, 0.2) is 0 Å². The van der Waals surface area contributed by atoms with E-state index in [1.807, 2.05) is 9.80 Å². The Bertz CT molecular complexity index is 392. The number of carbonyl (C=O) groups is 2. The van der Waals surface area contributed by atoms with E-state index in [2.05, 4.69) is 11.8 Å². The number of nitrogens with zero attached hydrogens (tertiary/aromatic N) is 3. The second kappa shape index (κ2) is 5.93. The van der Waals surface area contributed by atoms with Gasteiger partial charge in [0, 0.05) is 37.8 Å². The fourth-order valence-electron chi connectivity index (χ4n) is 2.92. The van der Waals surface area contributed by atoms with Gasteiger partial charge in [-0.1, -0.05) is 6.92 Å². The predicted molar refractivity (Wildman–Crippen MR) is 79.4 cm³/mol. The van der Waals surface area contributed by atoms with E-state index >= 15 is 0 Å². The zero-order valence-electron chi connectivity index (χ0n) is 12.1. The zero-order chi connectivity index (χ0) is 14.1. The van der Waals surface area contributed by atoms with E-state index in [0.29, 0.717) is 5.88 Å². The lowest BCUT2D eigenvalue weighted by Crippen LogP contribution is -2.55. The van der Waals surface area contributed by atoms with Crippen LogP contribution in [0.25, 0.3) is 0 Å². The molecule has 20 heavy (non-hydrogen) atoms. The molecular formula is C14H23N3O2S. The van der Waals surface area contributed by atoms with E-state index in [1.54, 1.807) is 11.8 Å². The van der Waals surface area contributed by atoms with Gasteiger partial charge in [-0.3, -0.25) is 9.59 Å². The van der Waals surface area contributed by atoms with Gasteiger partial charge < -0.3 is 14.7 Å². The molecule has 3 rings (SSSR count). The molecule has 1 atom stereocenters. The quantitative estimate of drug-likeness (QED) is 0.759. The van der Waals surface area contributed by atoms with Crippen molar-refractivity contribution in [1.82, 2.24) is 14.7 Å². The van der Waals surface area contributed by atoms with E-state index in [1.165, 1.54) is 0 Å². The van der Waals surface area contributed by atoms with Crippen LogP contribution in [-0.4, -0.2) is 76.9 Å². The van der Waals surface area contributed by atoms with Gasteiger partial charge >= 0.3 is 0 Å². The molecule has 1 unspecified atom stereocenters. The molecule has 3 fully saturated rings. The minimum atomic E-state index is -0.207. The molecule has 3 aliphatic rings. The van der Waals surface area contributed by atoms with Crippen LogP contribution in [-0.2, 0) is 9.59 Å². The summed E-state index contributed by atoms with van der Waals surface area (Å²) in [5.74, 6) is 2.05. The molecule has 1 saturated carbocycles. The van der Waals surface area contributed by atoms with Crippen molar-refractivity contribution in [2.24, 2.45) is 5.92 Å². The van der Waals surface area contributed by atoms with E-state index in [0.717, 1.165) is 51.3 Å². The number of hydrogen-bond donors (Lipinski definition) is 0. The minimum absolute atomic E-state index is 0.166. The van der Waals surface area contributed by atoms with Gasteiger partial charge in [-0.05, 0) is 19.4 Å². The molecule has 0 aromatic rings. The first-order valence-electron chi connectivity index (χ1n) is 7.60. The monoisotopic (exact) mass is 297 g/mol. The third kappa shape index (κ3) is 2.81. The summed E-state index contributed by atoms with van der Waals surface area (Å²) in [4.78, 5) is 31.0. The third-order valence-corrected chi connectivity index (χ3v) is 5.52. The van der Waals surface area contributed by atoms with Crippen molar-refractivity contribution in [3.8, 4) is 0 Å². The van der Waals surface area contributed by atoms with E-state index in [9.17, 15) is 9.59 Å². The SMILES string of the molecule is CCN1CCN(C(=O)C2CSCN2C(=O)C2CC2)CC1. The minimum Gasteiger partial charge on any atom is -0.338 e. The van der Waals surface area contributed by atoms with E-state index in [-0.39, 0.29) is 23.8 Å². The molecular weight excluding hydrogens is 274 g/mol. The van der Waals surface area contributed by atoms with Crippen LogP contribution in [0.3, 0.4) is 0 Å². The molecule has 0 radical (unpaired) electrons. The molecule has 0 N–H and O–H groups in total. The molecule has 6 heteroatoms. The summed E-state index contributed by atoms with van der Waals surface area (Å²) >= 11 is 1.71. The summed E-state index contributed by atoms with van der Waals surface area (Å²) in [6, 6.07) is -0.207. The third-order valence-electron chi connectivity index (χ3n) is 4.51. The van der Waals surface area contributed by atoms with Gasteiger partial charge in [-0.25, -0.2) is 0 Å². The molecule has 112 valence electrons. The Morgan fingerprint density at radius 3 is 2.40 bits per heavy atom. The molecule has 1 aliphatic carbocycles. The standard InChI is InChI=1S/C14H23N3O2S/c1-2-15-5-7-16(8-6-15)14(19)12-9-20-10-17(12)13(18)11-3-4-11/h11-12H,2-10H2,1H3.